The summed E-state index contributed by atoms with van der Waals surface area (Å²) in [7, 11) is -0.813. The van der Waals surface area contributed by atoms with Crippen molar-refractivity contribution in [3.8, 4) is 0 Å². The van der Waals surface area contributed by atoms with Crippen LogP contribution in [0.2, 0.25) is 0 Å². The molecule has 2 aliphatic heterocycles. The number of carboxylic acids is 1. The summed E-state index contributed by atoms with van der Waals surface area (Å²) in [6, 6.07) is 14.3. The first-order valence-corrected chi connectivity index (χ1v) is 19.2. The van der Waals surface area contributed by atoms with Crippen LogP contribution in [0.3, 0.4) is 0 Å². The van der Waals surface area contributed by atoms with E-state index in [1.165, 1.54) is 0 Å². The van der Waals surface area contributed by atoms with Gasteiger partial charge in [-0.05, 0) is 61.8 Å². The molecule has 1 amide bonds. The summed E-state index contributed by atoms with van der Waals surface area (Å²) in [5.74, 6) is -2.66. The number of Topliss-reactive ketones (excluding diaryl/α,β-unsaturated/α-hetero) is 1. The number of anilines is 1. The third kappa shape index (κ3) is 8.22. The first kappa shape index (κ1) is 38.6. The van der Waals surface area contributed by atoms with Gasteiger partial charge in [0.1, 0.15) is 11.8 Å². The van der Waals surface area contributed by atoms with Crippen LogP contribution in [0.25, 0.3) is 0 Å². The van der Waals surface area contributed by atoms with Crippen LogP contribution < -0.4 is 15.5 Å². The van der Waals surface area contributed by atoms with E-state index in [1.807, 2.05) is 80.2 Å². The van der Waals surface area contributed by atoms with E-state index in [1.54, 1.807) is 12.2 Å². The van der Waals surface area contributed by atoms with E-state index in [-0.39, 0.29) is 24.3 Å². The highest BCUT2D eigenvalue weighted by atomic mass is 32.2. The van der Waals surface area contributed by atoms with Crippen molar-refractivity contribution in [3.05, 3.63) is 94.4 Å². The normalized spacial score (nSPS) is 19.4. The summed E-state index contributed by atoms with van der Waals surface area (Å²) < 4.78 is 34.4. The lowest BCUT2D eigenvalue weighted by Crippen LogP contribution is -2.51. The molecule has 0 bridgehead atoms. The van der Waals surface area contributed by atoms with Crippen molar-refractivity contribution in [2.24, 2.45) is 4.99 Å². The molecule has 2 aromatic carbocycles. The molecule has 0 saturated carbocycles. The third-order valence-electron chi connectivity index (χ3n) is 10.2. The van der Waals surface area contributed by atoms with Crippen molar-refractivity contribution in [2.75, 3.05) is 44.4 Å². The molecule has 1 unspecified atom stereocenters. The average Bonchev–Trinajstić information content (AvgIpc) is 3.44. The maximum absolute atomic E-state index is 14.1. The SMILES string of the molecule is CN(CCCCCC(=O)O)CCNC(=O)C(CS(=O)(=O)O)NC1=C(/C=C2/N(C)c3ccccc3C2(C)C)C(=O)/C1=C\C1=Nc2ccccc2C1(C)C. The first-order valence-electron chi connectivity index (χ1n) is 17.6. The number of para-hydroxylation sites is 2. The molecule has 0 spiro atoms. The topological polar surface area (TPSA) is 169 Å². The van der Waals surface area contributed by atoms with Gasteiger partial charge in [-0.1, -0.05) is 70.5 Å². The molecule has 12 nitrogen and oxygen atoms in total. The second kappa shape index (κ2) is 15.2. The minimum absolute atomic E-state index is 0.126. The standard InChI is InChI=1S/C39H49N5O7S/c1-38(2)27-14-9-11-16-29(27)41-32(38)22-25-35(26(36(25)47)23-33-39(3,4)28-15-10-12-17-31(28)44(33)6)42-30(24-52(49,50)51)37(48)40-19-21-43(5)20-13-7-8-18-34(45)46/h9-12,14-17,22-23,30,42H,7-8,13,18-21,24H2,1-6H3,(H,40,48)(H,45,46)(H,49,50,51)/b25-22-,33-23+. The maximum atomic E-state index is 14.1. The van der Waals surface area contributed by atoms with E-state index in [2.05, 4.69) is 30.5 Å². The molecule has 0 saturated heterocycles. The Morgan fingerprint density at radius 1 is 0.962 bits per heavy atom. The first-order chi connectivity index (χ1) is 24.4. The van der Waals surface area contributed by atoms with E-state index in [9.17, 15) is 27.4 Å². The van der Waals surface area contributed by atoms with Crippen LogP contribution in [-0.4, -0.2) is 91.9 Å². The van der Waals surface area contributed by atoms with Gasteiger partial charge in [0.2, 0.25) is 5.91 Å². The number of carbonyl (C=O) groups excluding carboxylic acids is 2. The lowest BCUT2D eigenvalue weighted by atomic mass is 9.77. The highest BCUT2D eigenvalue weighted by Gasteiger charge is 2.43. The number of rotatable bonds is 16. The number of aliphatic imine (C=N–C) groups is 1. The fourth-order valence-electron chi connectivity index (χ4n) is 7.15. The van der Waals surface area contributed by atoms with Crippen molar-refractivity contribution in [2.45, 2.75) is 70.3 Å². The molecule has 1 aliphatic carbocycles. The fourth-order valence-corrected chi connectivity index (χ4v) is 7.80. The number of amides is 1. The molecule has 3 aliphatic rings. The minimum atomic E-state index is -4.62. The molecule has 52 heavy (non-hydrogen) atoms. The molecule has 5 rings (SSSR count). The highest BCUT2D eigenvalue weighted by molar-refractivity contribution is 7.85. The van der Waals surface area contributed by atoms with Gasteiger partial charge in [-0.3, -0.25) is 23.9 Å². The summed E-state index contributed by atoms with van der Waals surface area (Å²) in [4.78, 5) is 47.3. The molecule has 0 fully saturated rings. The zero-order valence-electron chi connectivity index (χ0n) is 30.7. The summed E-state index contributed by atoms with van der Waals surface area (Å²) in [5, 5.41) is 14.7. The molecule has 0 aromatic heterocycles. The molecular weight excluding hydrogens is 683 g/mol. The van der Waals surface area contributed by atoms with Gasteiger partial charge in [-0.2, -0.15) is 8.42 Å². The molecule has 2 aromatic rings. The predicted octanol–water partition coefficient (Wildman–Crippen LogP) is 4.66. The van der Waals surface area contributed by atoms with Gasteiger partial charge in [0.25, 0.3) is 10.1 Å². The van der Waals surface area contributed by atoms with Crippen LogP contribution >= 0.6 is 0 Å². The van der Waals surface area contributed by atoms with Crippen LogP contribution in [0.15, 0.2) is 88.2 Å². The van der Waals surface area contributed by atoms with Crippen LogP contribution in [0, 0.1) is 0 Å². The van der Waals surface area contributed by atoms with E-state index in [4.69, 9.17) is 10.1 Å². The summed E-state index contributed by atoms with van der Waals surface area (Å²) in [6.45, 7) is 9.55. The Hall–Kier alpha value is -4.59. The second-order valence-electron chi connectivity index (χ2n) is 14.8. The van der Waals surface area contributed by atoms with Gasteiger partial charge in [0.15, 0.2) is 5.78 Å². The van der Waals surface area contributed by atoms with Crippen molar-refractivity contribution >= 4 is 44.9 Å². The number of nitrogens with zero attached hydrogens (tertiary/aromatic N) is 3. The van der Waals surface area contributed by atoms with E-state index in [0.29, 0.717) is 36.5 Å². The van der Waals surface area contributed by atoms with Crippen LogP contribution in [0.1, 0.15) is 64.5 Å². The van der Waals surface area contributed by atoms with Gasteiger partial charge in [0.05, 0.1) is 17.1 Å². The van der Waals surface area contributed by atoms with E-state index < -0.39 is 44.6 Å². The van der Waals surface area contributed by atoms with Gasteiger partial charge in [-0.25, -0.2) is 0 Å². The van der Waals surface area contributed by atoms with Gasteiger partial charge < -0.3 is 25.5 Å². The number of carbonyl (C=O) groups is 3. The largest absolute Gasteiger partial charge is 0.481 e. The Morgan fingerprint density at radius 2 is 1.63 bits per heavy atom. The number of unbranched alkanes of at least 4 members (excludes halogenated alkanes) is 2. The third-order valence-corrected chi connectivity index (χ3v) is 11.0. The predicted molar refractivity (Wildman–Crippen MR) is 203 cm³/mol. The number of nitrogens with one attached hydrogen (secondary N) is 2. The number of aliphatic carboxylic acids is 1. The van der Waals surface area contributed by atoms with Crippen molar-refractivity contribution in [1.82, 2.24) is 15.5 Å². The van der Waals surface area contributed by atoms with E-state index in [0.717, 1.165) is 41.0 Å². The van der Waals surface area contributed by atoms with E-state index >= 15 is 0 Å². The quantitative estimate of drug-likeness (QED) is 0.108. The Kier molecular flexibility index (Phi) is 11.3. The van der Waals surface area contributed by atoms with Crippen LogP contribution in [-0.2, 0) is 35.3 Å². The van der Waals surface area contributed by atoms with Gasteiger partial charge in [0, 0.05) is 59.9 Å². The zero-order valence-corrected chi connectivity index (χ0v) is 31.5. The lowest BCUT2D eigenvalue weighted by molar-refractivity contribution is -0.137. The Morgan fingerprint density at radius 3 is 2.29 bits per heavy atom. The number of allylic oxidation sites excluding steroid dienone is 5. The van der Waals surface area contributed by atoms with Gasteiger partial charge >= 0.3 is 5.97 Å². The highest BCUT2D eigenvalue weighted by Crippen LogP contribution is 2.48. The van der Waals surface area contributed by atoms with Gasteiger partial charge in [-0.15, -0.1) is 0 Å². The summed E-state index contributed by atoms with van der Waals surface area (Å²) >= 11 is 0. The van der Waals surface area contributed by atoms with Crippen LogP contribution in [0.5, 0.6) is 0 Å². The molecule has 13 heteroatoms. The van der Waals surface area contributed by atoms with Crippen LogP contribution in [0.4, 0.5) is 11.4 Å². The van der Waals surface area contributed by atoms with Crippen molar-refractivity contribution in [3.63, 3.8) is 0 Å². The summed E-state index contributed by atoms with van der Waals surface area (Å²) in [6.07, 6.45) is 5.78. The fraction of sp³-hybridized carbons (Fsp3) is 0.436. The molecule has 1 atom stereocenters. The molecule has 4 N–H and O–H groups in total. The molecule has 278 valence electrons. The lowest BCUT2D eigenvalue weighted by Gasteiger charge is -2.32. The second-order valence-corrected chi connectivity index (χ2v) is 16.3. The zero-order chi connectivity index (χ0) is 38.0. The minimum Gasteiger partial charge on any atom is -0.481 e. The van der Waals surface area contributed by atoms with Crippen molar-refractivity contribution in [1.29, 1.82) is 0 Å². The Balaban J connectivity index is 1.44. The van der Waals surface area contributed by atoms with Crippen molar-refractivity contribution < 1.29 is 32.5 Å². The Bertz CT molecular complexity index is 1990. The number of likely N-dealkylation sites (N-methyl/N-ethyl adjacent to an activating group) is 2. The number of hydrogen-bond donors (Lipinski definition) is 4. The monoisotopic (exact) mass is 731 g/mol. The number of ketones is 1. The smallest absolute Gasteiger partial charge is 0.303 e. The Labute approximate surface area is 306 Å². The molecular formula is C39H49N5O7S. The molecule has 0 radical (unpaired) electrons. The number of carboxylic acid groups (broad SMARTS) is 1. The maximum Gasteiger partial charge on any atom is 0.303 e. The summed E-state index contributed by atoms with van der Waals surface area (Å²) in [5.41, 5.74) is 5.27. The molecule has 2 heterocycles. The number of hydrogen-bond acceptors (Lipinski definition) is 9. The average molecular weight is 732 g/mol. The number of fused-ring (bicyclic) bond motifs is 2. The number of benzene rings is 2.